The van der Waals surface area contributed by atoms with Crippen LogP contribution in [0.1, 0.15) is 0 Å². The highest BCUT2D eigenvalue weighted by atomic mass is 32.2. The Morgan fingerprint density at radius 2 is 1.94 bits per heavy atom. The summed E-state index contributed by atoms with van der Waals surface area (Å²) in [5.41, 5.74) is 5.50. The summed E-state index contributed by atoms with van der Waals surface area (Å²) in [6.07, 6.45) is -0.743. The number of pyridine rings is 1. The Morgan fingerprint density at radius 1 is 1.35 bits per heavy atom. The molecule has 0 radical (unpaired) electrons. The first-order valence-electron chi connectivity index (χ1n) is 4.99. The van der Waals surface area contributed by atoms with Crippen molar-refractivity contribution in [3.63, 3.8) is 0 Å². The standard InChI is InChI=1S/C9H13N3O4S/c10-9-8(2-1-3-11-9)17(15,16)12-4-6(13)7(14)5-12/h1-3,6-7,13-14H,4-5H2,(H2,10,11). The highest BCUT2D eigenvalue weighted by Crippen LogP contribution is 2.23. The predicted molar refractivity (Wildman–Crippen MR) is 59.4 cm³/mol. The molecule has 1 aromatic heterocycles. The lowest BCUT2D eigenvalue weighted by Gasteiger charge is -2.16. The SMILES string of the molecule is Nc1ncccc1S(=O)(=O)N1CC(O)C(O)C1. The van der Waals surface area contributed by atoms with E-state index in [-0.39, 0.29) is 23.8 Å². The van der Waals surface area contributed by atoms with E-state index in [9.17, 15) is 18.6 Å². The highest BCUT2D eigenvalue weighted by molar-refractivity contribution is 7.89. The molecule has 1 aliphatic rings. The molecule has 0 bridgehead atoms. The zero-order chi connectivity index (χ0) is 12.6. The summed E-state index contributed by atoms with van der Waals surface area (Å²) in [7, 11) is -3.81. The second kappa shape index (κ2) is 4.22. The summed E-state index contributed by atoms with van der Waals surface area (Å²) in [5.74, 6) is -0.0941. The fourth-order valence-corrected chi connectivity index (χ4v) is 3.24. The van der Waals surface area contributed by atoms with Crippen LogP contribution in [-0.2, 0) is 10.0 Å². The Labute approximate surface area is 98.6 Å². The maximum absolute atomic E-state index is 12.1. The van der Waals surface area contributed by atoms with Crippen LogP contribution < -0.4 is 5.73 Å². The van der Waals surface area contributed by atoms with Gasteiger partial charge in [0, 0.05) is 19.3 Å². The number of nitrogens with two attached hydrogens (primary N) is 1. The molecule has 17 heavy (non-hydrogen) atoms. The van der Waals surface area contributed by atoms with Gasteiger partial charge < -0.3 is 15.9 Å². The number of hydrogen-bond acceptors (Lipinski definition) is 6. The van der Waals surface area contributed by atoms with Gasteiger partial charge in [-0.2, -0.15) is 4.31 Å². The van der Waals surface area contributed by atoms with Gasteiger partial charge in [-0.3, -0.25) is 0 Å². The van der Waals surface area contributed by atoms with Gasteiger partial charge in [0.2, 0.25) is 10.0 Å². The summed E-state index contributed by atoms with van der Waals surface area (Å²) >= 11 is 0. The van der Waals surface area contributed by atoms with Crippen LogP contribution in [0.25, 0.3) is 0 Å². The van der Waals surface area contributed by atoms with Gasteiger partial charge in [0.05, 0.1) is 12.2 Å². The summed E-state index contributed by atoms with van der Waals surface area (Å²) in [6, 6.07) is 2.81. The average molecular weight is 259 g/mol. The molecule has 2 rings (SSSR count). The molecule has 94 valence electrons. The van der Waals surface area contributed by atoms with E-state index in [1.807, 2.05) is 0 Å². The topological polar surface area (TPSA) is 117 Å². The molecule has 1 fully saturated rings. The minimum atomic E-state index is -3.81. The molecule has 4 N–H and O–H groups in total. The predicted octanol–water partition coefficient (Wildman–Crippen LogP) is -1.61. The lowest BCUT2D eigenvalue weighted by molar-refractivity contribution is 0.0572. The van der Waals surface area contributed by atoms with Gasteiger partial charge in [-0.1, -0.05) is 0 Å². The number of aromatic nitrogens is 1. The largest absolute Gasteiger partial charge is 0.389 e. The highest BCUT2D eigenvalue weighted by Gasteiger charge is 2.38. The number of β-amino-alcohol motifs (C(OH)–C–C–N with tert-alkyl or cyclic N) is 2. The van der Waals surface area contributed by atoms with E-state index >= 15 is 0 Å². The van der Waals surface area contributed by atoms with Gasteiger partial charge in [0.25, 0.3) is 0 Å². The van der Waals surface area contributed by atoms with Gasteiger partial charge >= 0.3 is 0 Å². The van der Waals surface area contributed by atoms with Crippen molar-refractivity contribution in [2.45, 2.75) is 17.1 Å². The molecule has 7 nitrogen and oxygen atoms in total. The molecule has 0 saturated carbocycles. The summed E-state index contributed by atoms with van der Waals surface area (Å²) in [4.78, 5) is 3.59. The molecule has 8 heteroatoms. The lowest BCUT2D eigenvalue weighted by Crippen LogP contribution is -2.30. The van der Waals surface area contributed by atoms with Gasteiger partial charge in [0.1, 0.15) is 10.7 Å². The van der Waals surface area contributed by atoms with Crippen LogP contribution in [0.5, 0.6) is 0 Å². The molecular weight excluding hydrogens is 246 g/mol. The fourth-order valence-electron chi connectivity index (χ4n) is 1.69. The van der Waals surface area contributed by atoms with Crippen LogP contribution in [0, 0.1) is 0 Å². The van der Waals surface area contributed by atoms with E-state index in [4.69, 9.17) is 5.73 Å². The molecule has 0 aliphatic carbocycles. The smallest absolute Gasteiger partial charge is 0.246 e. The van der Waals surface area contributed by atoms with E-state index in [0.29, 0.717) is 0 Å². The minimum absolute atomic E-state index is 0.0941. The zero-order valence-electron chi connectivity index (χ0n) is 8.89. The van der Waals surface area contributed by atoms with Crippen molar-refractivity contribution in [1.82, 2.24) is 9.29 Å². The molecule has 2 unspecified atom stereocenters. The van der Waals surface area contributed by atoms with Gasteiger partial charge in [-0.15, -0.1) is 0 Å². The van der Waals surface area contributed by atoms with Crippen molar-refractivity contribution >= 4 is 15.8 Å². The third-order valence-electron chi connectivity index (χ3n) is 2.64. The van der Waals surface area contributed by atoms with Crippen molar-refractivity contribution in [2.75, 3.05) is 18.8 Å². The Morgan fingerprint density at radius 3 is 2.47 bits per heavy atom. The molecule has 1 aliphatic heterocycles. The van der Waals surface area contributed by atoms with Crippen LogP contribution in [0.15, 0.2) is 23.2 Å². The third kappa shape index (κ3) is 2.12. The molecule has 2 heterocycles. The van der Waals surface area contributed by atoms with Crippen LogP contribution >= 0.6 is 0 Å². The van der Waals surface area contributed by atoms with Crippen LogP contribution in [0.3, 0.4) is 0 Å². The quantitative estimate of drug-likeness (QED) is 0.588. The number of rotatable bonds is 2. The monoisotopic (exact) mass is 259 g/mol. The number of aliphatic hydroxyl groups excluding tert-OH is 2. The normalized spacial score (nSPS) is 26.2. The molecular formula is C9H13N3O4S. The second-order valence-corrected chi connectivity index (χ2v) is 5.75. The molecule has 1 aromatic rings. The second-order valence-electron chi connectivity index (χ2n) is 3.84. The first-order chi connectivity index (χ1) is 7.93. The summed E-state index contributed by atoms with van der Waals surface area (Å²) in [6.45, 7) is -0.282. The van der Waals surface area contributed by atoms with E-state index < -0.39 is 22.2 Å². The Kier molecular flexibility index (Phi) is 3.04. The van der Waals surface area contributed by atoms with Gasteiger partial charge in [-0.05, 0) is 12.1 Å². The zero-order valence-corrected chi connectivity index (χ0v) is 9.71. The van der Waals surface area contributed by atoms with Crippen molar-refractivity contribution < 1.29 is 18.6 Å². The Balaban J connectivity index is 2.36. The number of hydrogen-bond donors (Lipinski definition) is 3. The van der Waals surface area contributed by atoms with Crippen molar-refractivity contribution in [3.8, 4) is 0 Å². The van der Waals surface area contributed by atoms with Crippen LogP contribution in [-0.4, -0.2) is 53.2 Å². The van der Waals surface area contributed by atoms with Crippen LogP contribution in [0.4, 0.5) is 5.82 Å². The molecule has 0 spiro atoms. The van der Waals surface area contributed by atoms with E-state index in [1.165, 1.54) is 18.3 Å². The first-order valence-corrected chi connectivity index (χ1v) is 6.43. The molecule has 0 amide bonds. The van der Waals surface area contributed by atoms with Crippen molar-refractivity contribution in [2.24, 2.45) is 0 Å². The number of nitrogen functional groups attached to an aromatic ring is 1. The summed E-state index contributed by atoms with van der Waals surface area (Å²) < 4.78 is 25.3. The number of anilines is 1. The maximum atomic E-state index is 12.1. The lowest BCUT2D eigenvalue weighted by atomic mass is 10.3. The van der Waals surface area contributed by atoms with Crippen molar-refractivity contribution in [1.29, 1.82) is 0 Å². The number of nitrogens with zero attached hydrogens (tertiary/aromatic N) is 2. The number of aliphatic hydroxyl groups is 2. The average Bonchev–Trinajstić information content (AvgIpc) is 2.60. The Hall–Kier alpha value is -1.22. The molecule has 1 saturated heterocycles. The van der Waals surface area contributed by atoms with E-state index in [0.717, 1.165) is 4.31 Å². The summed E-state index contributed by atoms with van der Waals surface area (Å²) in [5, 5.41) is 18.7. The first kappa shape index (κ1) is 12.2. The van der Waals surface area contributed by atoms with E-state index in [2.05, 4.69) is 4.98 Å². The fraction of sp³-hybridized carbons (Fsp3) is 0.444. The van der Waals surface area contributed by atoms with Crippen molar-refractivity contribution in [3.05, 3.63) is 18.3 Å². The molecule has 0 aromatic carbocycles. The van der Waals surface area contributed by atoms with E-state index in [1.54, 1.807) is 0 Å². The number of sulfonamides is 1. The van der Waals surface area contributed by atoms with Gasteiger partial charge in [0.15, 0.2) is 0 Å². The van der Waals surface area contributed by atoms with Gasteiger partial charge in [-0.25, -0.2) is 13.4 Å². The molecule has 2 atom stereocenters. The maximum Gasteiger partial charge on any atom is 0.246 e. The van der Waals surface area contributed by atoms with Crippen LogP contribution in [0.2, 0.25) is 0 Å². The minimum Gasteiger partial charge on any atom is -0.389 e. The third-order valence-corrected chi connectivity index (χ3v) is 4.52. The Bertz CT molecular complexity index is 509.